The molecule has 0 aliphatic carbocycles. The number of piperidine rings is 1. The minimum atomic E-state index is -3.29. The molecule has 2 aliphatic rings. The van der Waals surface area contributed by atoms with E-state index in [0.717, 1.165) is 31.4 Å². The molecule has 1 aromatic heterocycles. The van der Waals surface area contributed by atoms with Crippen LogP contribution in [0.4, 0.5) is 0 Å². The number of imidazole rings is 1. The number of fused-ring (bicyclic) bond motifs is 1. The number of aromatic nitrogens is 2. The Labute approximate surface area is 188 Å². The second-order valence-corrected chi connectivity index (χ2v) is 10.9. The van der Waals surface area contributed by atoms with Gasteiger partial charge in [-0.1, -0.05) is 12.1 Å². The van der Waals surface area contributed by atoms with Crippen molar-refractivity contribution in [2.24, 2.45) is 0 Å². The van der Waals surface area contributed by atoms with Gasteiger partial charge in [0.1, 0.15) is 18.1 Å². The van der Waals surface area contributed by atoms with E-state index in [1.54, 1.807) is 9.47 Å². The van der Waals surface area contributed by atoms with Gasteiger partial charge in [0.25, 0.3) is 0 Å². The van der Waals surface area contributed by atoms with Crippen LogP contribution in [0.2, 0.25) is 0 Å². The number of hydrogen-bond donors (Lipinski definition) is 0. The third kappa shape index (κ3) is 5.47. The molecule has 2 saturated heterocycles. The van der Waals surface area contributed by atoms with E-state index < -0.39 is 9.84 Å². The first-order valence-corrected chi connectivity index (χ1v) is 13.3. The van der Waals surface area contributed by atoms with Crippen LogP contribution in [-0.4, -0.2) is 96.6 Å². The summed E-state index contributed by atoms with van der Waals surface area (Å²) in [4.78, 5) is 35.9. The fourth-order valence-electron chi connectivity index (χ4n) is 4.47. The van der Waals surface area contributed by atoms with Gasteiger partial charge < -0.3 is 14.4 Å². The maximum absolute atomic E-state index is 13.0. The normalized spacial score (nSPS) is 18.3. The van der Waals surface area contributed by atoms with Crippen LogP contribution in [0.25, 0.3) is 11.0 Å². The molecule has 2 amide bonds. The fraction of sp³-hybridized carbons (Fsp3) is 0.591. The van der Waals surface area contributed by atoms with Crippen LogP contribution in [-0.2, 0) is 31.7 Å². The molecule has 32 heavy (non-hydrogen) atoms. The Balaban J connectivity index is 1.37. The summed E-state index contributed by atoms with van der Waals surface area (Å²) in [7, 11) is -3.29. The Morgan fingerprint density at radius 3 is 2.19 bits per heavy atom. The Hall–Kier alpha value is -2.46. The van der Waals surface area contributed by atoms with E-state index >= 15 is 0 Å². The highest BCUT2D eigenvalue weighted by Gasteiger charge is 2.26. The van der Waals surface area contributed by atoms with Gasteiger partial charge in [-0.15, -0.1) is 0 Å². The van der Waals surface area contributed by atoms with Crippen molar-refractivity contribution in [3.8, 4) is 0 Å². The number of sulfone groups is 1. The predicted octanol–water partition coefficient (Wildman–Crippen LogP) is 0.738. The number of hydrogen-bond acceptors (Lipinski definition) is 6. The van der Waals surface area contributed by atoms with E-state index in [-0.39, 0.29) is 24.1 Å². The molecule has 0 bridgehead atoms. The number of benzene rings is 1. The van der Waals surface area contributed by atoms with Crippen LogP contribution in [0.3, 0.4) is 0 Å². The lowest BCUT2D eigenvalue weighted by atomic mass is 10.1. The number of amides is 2. The van der Waals surface area contributed by atoms with Crippen molar-refractivity contribution in [3.05, 3.63) is 30.1 Å². The third-order valence-corrected chi connectivity index (χ3v) is 6.99. The highest BCUT2D eigenvalue weighted by molar-refractivity contribution is 7.89. The van der Waals surface area contributed by atoms with Gasteiger partial charge in [-0.25, -0.2) is 13.4 Å². The first kappa shape index (κ1) is 22.7. The molecular formula is C22H31N5O4S. The first-order chi connectivity index (χ1) is 15.3. The van der Waals surface area contributed by atoms with E-state index in [9.17, 15) is 18.0 Å². The van der Waals surface area contributed by atoms with Gasteiger partial charge in [-0.3, -0.25) is 14.5 Å². The minimum absolute atomic E-state index is 0.0536. The summed E-state index contributed by atoms with van der Waals surface area (Å²) >= 11 is 0. The number of para-hydroxylation sites is 2. The zero-order chi connectivity index (χ0) is 22.7. The monoisotopic (exact) mass is 461 g/mol. The molecule has 0 N–H and O–H groups in total. The lowest BCUT2D eigenvalue weighted by molar-refractivity contribution is -0.136. The molecule has 10 heteroatoms. The van der Waals surface area contributed by atoms with Crippen molar-refractivity contribution >= 4 is 32.7 Å². The molecule has 0 radical (unpaired) electrons. The van der Waals surface area contributed by atoms with E-state index in [2.05, 4.69) is 9.88 Å². The SMILES string of the molecule is CS(=O)(=O)Cc1nc2ccccc2n1CC(=O)N1CCN(CC(=O)N2CCCCC2)CC1. The number of rotatable bonds is 6. The molecule has 1 aromatic carbocycles. The second-order valence-electron chi connectivity index (χ2n) is 8.77. The quantitative estimate of drug-likeness (QED) is 0.630. The molecule has 2 aromatic rings. The number of likely N-dealkylation sites (tertiary alicyclic amines) is 1. The fourth-order valence-corrected chi connectivity index (χ4v) is 5.16. The van der Waals surface area contributed by atoms with E-state index in [1.807, 2.05) is 29.2 Å². The summed E-state index contributed by atoms with van der Waals surface area (Å²) in [5.41, 5.74) is 1.44. The van der Waals surface area contributed by atoms with Gasteiger partial charge in [0.05, 0.1) is 17.6 Å². The van der Waals surface area contributed by atoms with Crippen molar-refractivity contribution in [2.75, 3.05) is 52.1 Å². The summed E-state index contributed by atoms with van der Waals surface area (Å²) in [6, 6.07) is 7.37. The maximum atomic E-state index is 13.0. The average molecular weight is 462 g/mol. The Bertz CT molecular complexity index is 1080. The minimum Gasteiger partial charge on any atom is -0.342 e. The molecule has 4 rings (SSSR count). The van der Waals surface area contributed by atoms with Gasteiger partial charge in [-0.2, -0.15) is 0 Å². The van der Waals surface area contributed by atoms with Crippen LogP contribution >= 0.6 is 0 Å². The second kappa shape index (κ2) is 9.58. The molecule has 0 saturated carbocycles. The van der Waals surface area contributed by atoms with Crippen LogP contribution in [0, 0.1) is 0 Å². The largest absolute Gasteiger partial charge is 0.342 e. The lowest BCUT2D eigenvalue weighted by Crippen LogP contribution is -2.52. The number of carbonyl (C=O) groups is 2. The van der Waals surface area contributed by atoms with Crippen LogP contribution in [0.15, 0.2) is 24.3 Å². The highest BCUT2D eigenvalue weighted by atomic mass is 32.2. The Morgan fingerprint density at radius 1 is 0.875 bits per heavy atom. The van der Waals surface area contributed by atoms with E-state index in [1.165, 1.54) is 12.7 Å². The van der Waals surface area contributed by atoms with Gasteiger partial charge in [-0.05, 0) is 31.4 Å². The molecule has 0 spiro atoms. The van der Waals surface area contributed by atoms with Crippen molar-refractivity contribution < 1.29 is 18.0 Å². The van der Waals surface area contributed by atoms with Crippen molar-refractivity contribution in [2.45, 2.75) is 31.6 Å². The molecule has 0 atom stereocenters. The summed E-state index contributed by atoms with van der Waals surface area (Å²) in [6.07, 6.45) is 4.53. The number of nitrogens with zero attached hydrogens (tertiary/aromatic N) is 5. The van der Waals surface area contributed by atoms with Gasteiger partial charge in [0, 0.05) is 45.5 Å². The highest BCUT2D eigenvalue weighted by Crippen LogP contribution is 2.18. The smallest absolute Gasteiger partial charge is 0.242 e. The zero-order valence-electron chi connectivity index (χ0n) is 18.6. The Morgan fingerprint density at radius 2 is 1.50 bits per heavy atom. The van der Waals surface area contributed by atoms with Crippen LogP contribution in [0.5, 0.6) is 0 Å². The third-order valence-electron chi connectivity index (χ3n) is 6.21. The standard InChI is InChI=1S/C22H31N5O4S/c1-32(30,31)17-20-23-18-7-3-4-8-19(18)27(20)16-22(29)26-13-11-24(12-14-26)15-21(28)25-9-5-2-6-10-25/h3-4,7-8H,2,5-6,9-17H2,1H3. The maximum Gasteiger partial charge on any atom is 0.242 e. The van der Waals surface area contributed by atoms with Crippen LogP contribution < -0.4 is 0 Å². The summed E-state index contributed by atoms with van der Waals surface area (Å²) < 4.78 is 25.5. The van der Waals surface area contributed by atoms with Crippen molar-refractivity contribution in [1.29, 1.82) is 0 Å². The van der Waals surface area contributed by atoms with Gasteiger partial charge in [0.15, 0.2) is 9.84 Å². The first-order valence-electron chi connectivity index (χ1n) is 11.2. The molecule has 174 valence electrons. The molecule has 2 fully saturated rings. The van der Waals surface area contributed by atoms with Crippen molar-refractivity contribution in [3.63, 3.8) is 0 Å². The van der Waals surface area contributed by atoms with Crippen LogP contribution in [0.1, 0.15) is 25.1 Å². The summed E-state index contributed by atoms with van der Waals surface area (Å²) in [6.45, 7) is 4.60. The van der Waals surface area contributed by atoms with E-state index in [0.29, 0.717) is 44.1 Å². The predicted molar refractivity (Wildman–Crippen MR) is 122 cm³/mol. The average Bonchev–Trinajstić information content (AvgIpc) is 3.10. The molecular weight excluding hydrogens is 430 g/mol. The number of carbonyl (C=O) groups excluding carboxylic acids is 2. The van der Waals surface area contributed by atoms with Gasteiger partial charge >= 0.3 is 0 Å². The molecule has 3 heterocycles. The molecule has 9 nitrogen and oxygen atoms in total. The topological polar surface area (TPSA) is 95.8 Å². The van der Waals surface area contributed by atoms with Crippen molar-refractivity contribution in [1.82, 2.24) is 24.3 Å². The molecule has 0 unspecified atom stereocenters. The lowest BCUT2D eigenvalue weighted by Gasteiger charge is -2.36. The summed E-state index contributed by atoms with van der Waals surface area (Å²) in [5.74, 6) is 0.291. The zero-order valence-corrected chi connectivity index (χ0v) is 19.4. The van der Waals surface area contributed by atoms with E-state index in [4.69, 9.17) is 0 Å². The van der Waals surface area contributed by atoms with Gasteiger partial charge in [0.2, 0.25) is 11.8 Å². The Kier molecular flexibility index (Phi) is 6.80. The number of piperazine rings is 1. The molecule has 2 aliphatic heterocycles. The summed E-state index contributed by atoms with van der Waals surface area (Å²) in [5, 5.41) is 0.